The number of carbonyl (C=O) groups is 2. The van der Waals surface area contributed by atoms with Crippen molar-refractivity contribution in [2.24, 2.45) is 0 Å². The molecule has 25 heavy (non-hydrogen) atoms. The molecule has 0 fully saturated rings. The first kappa shape index (κ1) is 18.7. The highest BCUT2D eigenvalue weighted by Gasteiger charge is 2.08. The molecule has 0 bridgehead atoms. The summed E-state index contributed by atoms with van der Waals surface area (Å²) >= 11 is 0. The van der Waals surface area contributed by atoms with Crippen molar-refractivity contribution in [3.05, 3.63) is 70.8 Å². The second kappa shape index (κ2) is 8.99. The fourth-order valence-electron chi connectivity index (χ4n) is 2.50. The van der Waals surface area contributed by atoms with Crippen molar-refractivity contribution in [2.75, 3.05) is 20.6 Å². The third kappa shape index (κ3) is 6.39. The van der Waals surface area contributed by atoms with E-state index < -0.39 is 0 Å². The van der Waals surface area contributed by atoms with Gasteiger partial charge in [0.15, 0.2) is 0 Å². The fraction of sp³-hybridized carbons (Fsp3) is 0.300. The summed E-state index contributed by atoms with van der Waals surface area (Å²) in [7, 11) is 4.22. The molecule has 0 radical (unpaired) electrons. The number of hydrogen-bond donors (Lipinski definition) is 3. The largest absolute Gasteiger partial charge is 0.350 e. The molecule has 2 aromatic rings. The molecule has 5 nitrogen and oxygen atoms in total. The van der Waals surface area contributed by atoms with Crippen LogP contribution in [0.1, 0.15) is 27.0 Å². The molecule has 0 aliphatic rings. The van der Waals surface area contributed by atoms with E-state index >= 15 is 0 Å². The van der Waals surface area contributed by atoms with Crippen molar-refractivity contribution in [1.82, 2.24) is 10.6 Å². The lowest BCUT2D eigenvalue weighted by Crippen LogP contribution is -3.04. The van der Waals surface area contributed by atoms with Gasteiger partial charge in [-0.1, -0.05) is 42.0 Å². The highest BCUT2D eigenvalue weighted by atomic mass is 16.2. The number of carbonyl (C=O) groups excluding carboxylic acids is 2. The first-order valence-electron chi connectivity index (χ1n) is 8.42. The van der Waals surface area contributed by atoms with Gasteiger partial charge in [0.1, 0.15) is 6.54 Å². The third-order valence-electron chi connectivity index (χ3n) is 3.76. The summed E-state index contributed by atoms with van der Waals surface area (Å²) in [5.74, 6) is -0.447. The van der Waals surface area contributed by atoms with Crippen LogP contribution in [0.2, 0.25) is 0 Å². The molecule has 0 aliphatic carbocycles. The van der Waals surface area contributed by atoms with Gasteiger partial charge in [0.2, 0.25) is 5.91 Å². The summed E-state index contributed by atoms with van der Waals surface area (Å²) < 4.78 is 0. The highest BCUT2D eigenvalue weighted by molar-refractivity contribution is 5.96. The molecule has 5 heteroatoms. The molecule has 0 unspecified atom stereocenters. The Morgan fingerprint density at radius 3 is 2.28 bits per heavy atom. The Labute approximate surface area is 149 Å². The third-order valence-corrected chi connectivity index (χ3v) is 3.76. The average molecular weight is 340 g/mol. The molecule has 3 N–H and O–H groups in total. The second-order valence-electron chi connectivity index (χ2n) is 6.53. The molecule has 0 atom stereocenters. The average Bonchev–Trinajstić information content (AvgIpc) is 2.58. The maximum Gasteiger partial charge on any atom is 0.251 e. The van der Waals surface area contributed by atoms with Crippen LogP contribution in [0.15, 0.2) is 48.5 Å². The Kier molecular flexibility index (Phi) is 6.71. The van der Waals surface area contributed by atoms with Crippen LogP contribution < -0.4 is 15.5 Å². The topological polar surface area (TPSA) is 62.6 Å². The Hall–Kier alpha value is -2.66. The quantitative estimate of drug-likeness (QED) is 0.694. The second-order valence-corrected chi connectivity index (χ2v) is 6.53. The fourth-order valence-corrected chi connectivity index (χ4v) is 2.50. The van der Waals surface area contributed by atoms with Crippen LogP contribution in [-0.4, -0.2) is 32.5 Å². The summed E-state index contributed by atoms with van der Waals surface area (Å²) in [5.41, 5.74) is 3.87. The molecule has 0 saturated heterocycles. The molecule has 2 amide bonds. The minimum absolute atomic E-state index is 0.0329. The number of aryl methyl sites for hydroxylation is 1. The molecule has 2 aromatic carbocycles. The van der Waals surface area contributed by atoms with Crippen molar-refractivity contribution < 1.29 is 14.5 Å². The summed E-state index contributed by atoms with van der Waals surface area (Å²) in [4.78, 5) is 25.3. The van der Waals surface area contributed by atoms with Crippen molar-refractivity contribution in [2.45, 2.75) is 20.0 Å². The first-order valence-corrected chi connectivity index (χ1v) is 8.42. The Balaban J connectivity index is 1.76. The van der Waals surface area contributed by atoms with Crippen molar-refractivity contribution in [1.29, 1.82) is 0 Å². The monoisotopic (exact) mass is 340 g/mol. The lowest BCUT2D eigenvalue weighted by Gasteiger charge is -2.09. The van der Waals surface area contributed by atoms with Gasteiger partial charge >= 0.3 is 0 Å². The Bertz CT molecular complexity index is 724. The molecular weight excluding hydrogens is 314 g/mol. The zero-order valence-electron chi connectivity index (χ0n) is 15.1. The van der Waals surface area contributed by atoms with E-state index in [0.29, 0.717) is 12.1 Å². The lowest BCUT2D eigenvalue weighted by atomic mass is 10.1. The SMILES string of the molecule is Cc1cccc(C(=O)NCC(=O)NCc2ccc(C[NH+](C)C)cc2)c1. The van der Waals surface area contributed by atoms with Crippen LogP contribution in [-0.2, 0) is 17.9 Å². The van der Waals surface area contributed by atoms with E-state index in [1.54, 1.807) is 12.1 Å². The summed E-state index contributed by atoms with van der Waals surface area (Å²) in [6.45, 7) is 3.31. The van der Waals surface area contributed by atoms with Gasteiger partial charge in [0.05, 0.1) is 20.6 Å². The summed E-state index contributed by atoms with van der Waals surface area (Å²) in [6, 6.07) is 15.5. The maximum absolute atomic E-state index is 12.0. The van der Waals surface area contributed by atoms with Crippen LogP contribution in [0.4, 0.5) is 0 Å². The number of hydrogen-bond acceptors (Lipinski definition) is 2. The van der Waals surface area contributed by atoms with Gasteiger partial charge in [-0.25, -0.2) is 0 Å². The Morgan fingerprint density at radius 1 is 0.960 bits per heavy atom. The molecular formula is C20H26N3O2+. The minimum atomic E-state index is -0.241. The molecule has 0 aromatic heterocycles. The van der Waals surface area contributed by atoms with E-state index in [1.807, 2.05) is 31.2 Å². The maximum atomic E-state index is 12.0. The molecule has 0 aliphatic heterocycles. The summed E-state index contributed by atoms with van der Waals surface area (Å²) in [5, 5.41) is 5.46. The smallest absolute Gasteiger partial charge is 0.251 e. The van der Waals surface area contributed by atoms with Crippen LogP contribution in [0, 0.1) is 6.92 Å². The van der Waals surface area contributed by atoms with E-state index in [-0.39, 0.29) is 18.4 Å². The number of nitrogens with one attached hydrogen (secondary N) is 3. The predicted octanol–water partition coefficient (Wildman–Crippen LogP) is 0.686. The molecule has 0 spiro atoms. The highest BCUT2D eigenvalue weighted by Crippen LogP contribution is 2.04. The van der Waals surface area contributed by atoms with Crippen LogP contribution in [0.3, 0.4) is 0 Å². The van der Waals surface area contributed by atoms with Crippen molar-refractivity contribution >= 4 is 11.8 Å². The molecule has 2 rings (SSSR count). The summed E-state index contributed by atoms with van der Waals surface area (Å²) in [6.07, 6.45) is 0. The first-order chi connectivity index (χ1) is 11.9. The van der Waals surface area contributed by atoms with Gasteiger partial charge < -0.3 is 15.5 Å². The van der Waals surface area contributed by atoms with E-state index in [0.717, 1.165) is 17.7 Å². The Morgan fingerprint density at radius 2 is 1.64 bits per heavy atom. The zero-order chi connectivity index (χ0) is 18.2. The van der Waals surface area contributed by atoms with E-state index in [1.165, 1.54) is 10.5 Å². The normalized spacial score (nSPS) is 10.6. The van der Waals surface area contributed by atoms with Gasteiger partial charge in [0.25, 0.3) is 5.91 Å². The van der Waals surface area contributed by atoms with Crippen molar-refractivity contribution in [3.63, 3.8) is 0 Å². The molecule has 0 heterocycles. The van der Waals surface area contributed by atoms with Gasteiger partial charge in [-0.15, -0.1) is 0 Å². The number of quaternary nitrogens is 1. The van der Waals surface area contributed by atoms with E-state index in [2.05, 4.69) is 36.9 Å². The van der Waals surface area contributed by atoms with E-state index in [9.17, 15) is 9.59 Å². The predicted molar refractivity (Wildman–Crippen MR) is 98.3 cm³/mol. The van der Waals surface area contributed by atoms with Crippen LogP contribution in [0.25, 0.3) is 0 Å². The van der Waals surface area contributed by atoms with Crippen molar-refractivity contribution in [3.8, 4) is 0 Å². The van der Waals surface area contributed by atoms with E-state index in [4.69, 9.17) is 0 Å². The minimum Gasteiger partial charge on any atom is -0.350 e. The van der Waals surface area contributed by atoms with Gasteiger partial charge in [-0.2, -0.15) is 0 Å². The number of amides is 2. The van der Waals surface area contributed by atoms with Gasteiger partial charge in [-0.05, 0) is 24.6 Å². The number of benzene rings is 2. The molecule has 0 saturated carbocycles. The van der Waals surface area contributed by atoms with Crippen LogP contribution in [0.5, 0.6) is 0 Å². The standard InChI is InChI=1S/C20H25N3O2/c1-15-5-4-6-18(11-15)20(25)22-13-19(24)21-12-16-7-9-17(10-8-16)14-23(2)3/h4-11H,12-14H2,1-3H3,(H,21,24)(H,22,25)/p+1. The number of rotatable bonds is 7. The lowest BCUT2D eigenvalue weighted by molar-refractivity contribution is -0.872. The molecule has 132 valence electrons. The van der Waals surface area contributed by atoms with Gasteiger partial charge in [0, 0.05) is 17.7 Å². The van der Waals surface area contributed by atoms with Gasteiger partial charge in [-0.3, -0.25) is 9.59 Å². The zero-order valence-corrected chi connectivity index (χ0v) is 15.1. The van der Waals surface area contributed by atoms with Crippen LogP contribution >= 0.6 is 0 Å².